The molecule has 34 heavy (non-hydrogen) atoms. The smallest absolute Gasteiger partial charge is 0.188 e. The molecule has 4 heteroatoms. The molecular formula is C30H26N2OS. The van der Waals surface area contributed by atoms with Crippen molar-refractivity contribution in [3.8, 4) is 11.3 Å². The van der Waals surface area contributed by atoms with Gasteiger partial charge in [-0.15, -0.1) is 11.3 Å². The van der Waals surface area contributed by atoms with Gasteiger partial charge in [-0.2, -0.15) is 0 Å². The maximum absolute atomic E-state index is 13.6. The number of ketones is 1. The second kappa shape index (κ2) is 9.62. The quantitative estimate of drug-likeness (QED) is 0.307. The van der Waals surface area contributed by atoms with Crippen molar-refractivity contribution in [2.75, 3.05) is 18.0 Å². The summed E-state index contributed by atoms with van der Waals surface area (Å²) < 4.78 is 0. The zero-order valence-electron chi connectivity index (χ0n) is 19.4. The zero-order valence-corrected chi connectivity index (χ0v) is 20.2. The second-order valence-corrected chi connectivity index (χ2v) is 9.46. The Bertz CT molecular complexity index is 1330. The van der Waals surface area contributed by atoms with Gasteiger partial charge in [0.05, 0.1) is 5.69 Å². The van der Waals surface area contributed by atoms with Crippen molar-refractivity contribution in [1.82, 2.24) is 4.98 Å². The highest BCUT2D eigenvalue weighted by Gasteiger charge is 2.28. The predicted molar refractivity (Wildman–Crippen MR) is 143 cm³/mol. The van der Waals surface area contributed by atoms with Gasteiger partial charge in [0.2, 0.25) is 0 Å². The Labute approximate surface area is 204 Å². The number of rotatable bonds is 4. The summed E-state index contributed by atoms with van der Waals surface area (Å²) in [5.41, 5.74) is 8.11. The van der Waals surface area contributed by atoms with Crippen molar-refractivity contribution in [1.29, 1.82) is 0 Å². The number of thiazole rings is 1. The number of anilines is 1. The number of aromatic nitrogens is 1. The third-order valence-electron chi connectivity index (χ3n) is 6.17. The van der Waals surface area contributed by atoms with Gasteiger partial charge in [-0.1, -0.05) is 78.9 Å². The van der Waals surface area contributed by atoms with Crippen LogP contribution >= 0.6 is 11.3 Å². The van der Waals surface area contributed by atoms with Gasteiger partial charge in [-0.05, 0) is 48.3 Å². The predicted octanol–water partition coefficient (Wildman–Crippen LogP) is 6.98. The molecule has 1 fully saturated rings. The minimum atomic E-state index is 0.114. The highest BCUT2D eigenvalue weighted by Crippen LogP contribution is 2.32. The fraction of sp³-hybridized carbons (Fsp3) is 0.133. The van der Waals surface area contributed by atoms with Crippen LogP contribution in [0.2, 0.25) is 0 Å². The minimum absolute atomic E-state index is 0.114. The summed E-state index contributed by atoms with van der Waals surface area (Å²) in [6.45, 7) is 5.24. The van der Waals surface area contributed by atoms with E-state index in [-0.39, 0.29) is 5.78 Å². The van der Waals surface area contributed by atoms with E-state index in [1.54, 1.807) is 11.3 Å². The first kappa shape index (κ1) is 22.1. The van der Waals surface area contributed by atoms with E-state index in [2.05, 4.69) is 60.5 Å². The lowest BCUT2D eigenvalue weighted by atomic mass is 9.93. The van der Waals surface area contributed by atoms with E-state index in [4.69, 9.17) is 4.98 Å². The van der Waals surface area contributed by atoms with Crippen LogP contribution in [-0.4, -0.2) is 23.9 Å². The summed E-state index contributed by atoms with van der Waals surface area (Å²) in [6.07, 6.45) is 4.09. The van der Waals surface area contributed by atoms with Crippen LogP contribution in [0.15, 0.2) is 95.4 Å². The van der Waals surface area contributed by atoms with Crippen molar-refractivity contribution in [3.05, 3.63) is 118 Å². The zero-order chi connectivity index (χ0) is 23.5. The van der Waals surface area contributed by atoms with Crippen molar-refractivity contribution in [2.24, 2.45) is 0 Å². The molecule has 0 radical (unpaired) electrons. The Morgan fingerprint density at radius 2 is 1.29 bits per heavy atom. The first-order valence-electron chi connectivity index (χ1n) is 11.4. The average molecular weight is 463 g/mol. The number of hydrogen-bond acceptors (Lipinski definition) is 4. The summed E-state index contributed by atoms with van der Waals surface area (Å²) in [6, 6.07) is 26.6. The van der Waals surface area contributed by atoms with Crippen molar-refractivity contribution < 1.29 is 4.79 Å². The van der Waals surface area contributed by atoms with Crippen molar-refractivity contribution in [2.45, 2.75) is 13.8 Å². The maximum Gasteiger partial charge on any atom is 0.188 e. The molecule has 3 aromatic carbocycles. The third kappa shape index (κ3) is 4.63. The number of nitrogens with zero attached hydrogens (tertiary/aromatic N) is 2. The van der Waals surface area contributed by atoms with Crippen LogP contribution in [-0.2, 0) is 4.79 Å². The van der Waals surface area contributed by atoms with Gasteiger partial charge in [0.25, 0.3) is 0 Å². The Morgan fingerprint density at radius 3 is 1.85 bits per heavy atom. The normalized spacial score (nSPS) is 16.4. The lowest BCUT2D eigenvalue weighted by molar-refractivity contribution is -0.112. The van der Waals surface area contributed by atoms with Crippen LogP contribution in [0, 0.1) is 13.8 Å². The standard InChI is InChI=1S/C30H26N2OS/c1-21-10-6-8-14-24(21)16-26-18-32(30-31-28(20-34-30)23-12-4-3-5-13-23)19-27(29(26)33)17-25-15-9-7-11-22(25)2/h3-17,20H,18-19H2,1-2H3/b26-16+,27-17+. The Hall–Kier alpha value is -3.76. The summed E-state index contributed by atoms with van der Waals surface area (Å²) in [5, 5.41) is 3.02. The fourth-order valence-electron chi connectivity index (χ4n) is 4.20. The molecule has 168 valence electrons. The lowest BCUT2D eigenvalue weighted by Gasteiger charge is -2.29. The highest BCUT2D eigenvalue weighted by atomic mass is 32.1. The SMILES string of the molecule is Cc1ccccc1/C=C1\CN(c2nc(-c3ccccc3)cs2)C/C(=C\c2ccccc2C)C1=O. The molecule has 0 unspecified atom stereocenters. The van der Waals surface area contributed by atoms with E-state index in [0.717, 1.165) is 49.8 Å². The minimum Gasteiger partial charge on any atom is -0.339 e. The Balaban J connectivity index is 1.55. The average Bonchev–Trinajstić information content (AvgIpc) is 3.35. The van der Waals surface area contributed by atoms with Crippen LogP contribution in [0.3, 0.4) is 0 Å². The van der Waals surface area contributed by atoms with E-state index < -0.39 is 0 Å². The van der Waals surface area contributed by atoms with Gasteiger partial charge >= 0.3 is 0 Å². The molecule has 0 N–H and O–H groups in total. The molecule has 0 aliphatic carbocycles. The van der Waals surface area contributed by atoms with Crippen molar-refractivity contribution >= 4 is 34.4 Å². The molecule has 0 saturated carbocycles. The first-order chi connectivity index (χ1) is 16.6. The number of benzene rings is 3. The van der Waals surface area contributed by atoms with Crippen LogP contribution in [0.1, 0.15) is 22.3 Å². The molecule has 0 spiro atoms. The second-order valence-electron chi connectivity index (χ2n) is 8.62. The number of carbonyl (C=O) groups excluding carboxylic acids is 1. The van der Waals surface area contributed by atoms with Crippen LogP contribution in [0.5, 0.6) is 0 Å². The summed E-state index contributed by atoms with van der Waals surface area (Å²) in [7, 11) is 0. The first-order valence-corrected chi connectivity index (χ1v) is 12.3. The number of Topliss-reactive ketones (excluding diaryl/α,β-unsaturated/α-hetero) is 1. The van der Waals surface area contributed by atoms with E-state index in [9.17, 15) is 4.79 Å². The largest absolute Gasteiger partial charge is 0.339 e. The van der Waals surface area contributed by atoms with Crippen LogP contribution in [0.25, 0.3) is 23.4 Å². The van der Waals surface area contributed by atoms with Gasteiger partial charge < -0.3 is 4.90 Å². The molecule has 1 aliphatic rings. The van der Waals surface area contributed by atoms with E-state index in [1.165, 1.54) is 0 Å². The highest BCUT2D eigenvalue weighted by molar-refractivity contribution is 7.14. The molecule has 5 rings (SSSR count). The topological polar surface area (TPSA) is 33.2 Å². The van der Waals surface area contributed by atoms with Gasteiger partial charge in [0.1, 0.15) is 0 Å². The summed E-state index contributed by atoms with van der Waals surface area (Å²) in [4.78, 5) is 20.7. The Kier molecular flexibility index (Phi) is 6.24. The molecule has 0 atom stereocenters. The molecule has 4 aromatic rings. The van der Waals surface area contributed by atoms with Gasteiger partial charge in [-0.25, -0.2) is 4.98 Å². The number of piperidine rings is 1. The van der Waals surface area contributed by atoms with Gasteiger partial charge in [0.15, 0.2) is 10.9 Å². The van der Waals surface area contributed by atoms with E-state index in [1.807, 2.05) is 54.6 Å². The van der Waals surface area contributed by atoms with Crippen molar-refractivity contribution in [3.63, 3.8) is 0 Å². The van der Waals surface area contributed by atoms with Gasteiger partial charge in [0, 0.05) is 35.2 Å². The number of aryl methyl sites for hydroxylation is 2. The van der Waals surface area contributed by atoms with Crippen LogP contribution in [0.4, 0.5) is 5.13 Å². The molecule has 0 amide bonds. The number of carbonyl (C=O) groups is 1. The molecule has 1 aliphatic heterocycles. The van der Waals surface area contributed by atoms with E-state index in [0.29, 0.717) is 13.1 Å². The van der Waals surface area contributed by atoms with Gasteiger partial charge in [-0.3, -0.25) is 4.79 Å². The third-order valence-corrected chi connectivity index (χ3v) is 7.08. The molecular weight excluding hydrogens is 436 g/mol. The number of hydrogen-bond donors (Lipinski definition) is 0. The molecule has 1 aromatic heterocycles. The molecule has 3 nitrogen and oxygen atoms in total. The maximum atomic E-state index is 13.6. The molecule has 2 heterocycles. The molecule has 0 bridgehead atoms. The Morgan fingerprint density at radius 1 is 0.765 bits per heavy atom. The fourth-order valence-corrected chi connectivity index (χ4v) is 5.03. The monoisotopic (exact) mass is 462 g/mol. The summed E-state index contributed by atoms with van der Waals surface area (Å²) >= 11 is 1.62. The lowest BCUT2D eigenvalue weighted by Crippen LogP contribution is -2.37. The molecule has 1 saturated heterocycles. The van der Waals surface area contributed by atoms with E-state index >= 15 is 0 Å². The van der Waals surface area contributed by atoms with Crippen LogP contribution < -0.4 is 4.90 Å². The summed E-state index contributed by atoms with van der Waals surface area (Å²) in [5.74, 6) is 0.114.